The van der Waals surface area contributed by atoms with Gasteiger partial charge in [0, 0.05) is 0 Å². The summed E-state index contributed by atoms with van der Waals surface area (Å²) in [7, 11) is 0. The minimum Gasteiger partial charge on any atom is -0.285 e. The highest BCUT2D eigenvalue weighted by atomic mass is 14.9. The maximum absolute atomic E-state index is 4.96. The first-order chi connectivity index (χ1) is 9.54. The van der Waals surface area contributed by atoms with E-state index in [1.54, 1.807) is 0 Å². The first kappa shape index (κ1) is 15.7. The Bertz CT molecular complexity index is 334. The molecule has 0 saturated heterocycles. The lowest BCUT2D eigenvalue weighted by Crippen LogP contribution is -2.22. The van der Waals surface area contributed by atoms with Crippen LogP contribution in [0.4, 0.5) is 0 Å². The number of nitrogens with zero attached hydrogens (tertiary/aromatic N) is 2. The highest BCUT2D eigenvalue weighted by Gasteiger charge is 2.20. The van der Waals surface area contributed by atoms with Crippen molar-refractivity contribution in [3.63, 3.8) is 0 Å². The Hall–Kier alpha value is -0.660. The number of hydrogen-bond donors (Lipinski definition) is 0. The van der Waals surface area contributed by atoms with E-state index >= 15 is 0 Å². The van der Waals surface area contributed by atoms with Crippen molar-refractivity contribution in [2.24, 2.45) is 21.8 Å². The Morgan fingerprint density at radius 3 is 1.45 bits per heavy atom. The van der Waals surface area contributed by atoms with Crippen LogP contribution < -0.4 is 0 Å². The SMILES string of the molecule is CC(=NC1CCCC(C)C1)C(C)=NC1CCCC(C)C1. The van der Waals surface area contributed by atoms with Crippen LogP contribution in [0, 0.1) is 11.8 Å². The summed E-state index contributed by atoms with van der Waals surface area (Å²) >= 11 is 0. The second-order valence-electron chi connectivity index (χ2n) is 7.28. The van der Waals surface area contributed by atoms with E-state index in [2.05, 4.69) is 27.7 Å². The lowest BCUT2D eigenvalue weighted by Gasteiger charge is -2.25. The second kappa shape index (κ2) is 7.38. The Morgan fingerprint density at radius 2 is 1.10 bits per heavy atom. The molecule has 2 aliphatic carbocycles. The van der Waals surface area contributed by atoms with Crippen molar-refractivity contribution in [3.8, 4) is 0 Å². The third-order valence-corrected chi connectivity index (χ3v) is 5.09. The van der Waals surface area contributed by atoms with E-state index in [-0.39, 0.29) is 0 Å². The third kappa shape index (κ3) is 4.71. The molecule has 0 aliphatic heterocycles. The first-order valence-corrected chi connectivity index (χ1v) is 8.63. The van der Waals surface area contributed by atoms with Gasteiger partial charge in [0.05, 0.1) is 23.5 Å². The maximum Gasteiger partial charge on any atom is 0.0528 e. The van der Waals surface area contributed by atoms with E-state index < -0.39 is 0 Å². The highest BCUT2D eigenvalue weighted by molar-refractivity contribution is 6.40. The Morgan fingerprint density at radius 1 is 0.700 bits per heavy atom. The molecule has 2 nitrogen and oxygen atoms in total. The zero-order chi connectivity index (χ0) is 14.5. The molecular weight excluding hydrogens is 244 g/mol. The van der Waals surface area contributed by atoms with Crippen molar-refractivity contribution in [1.82, 2.24) is 0 Å². The summed E-state index contributed by atoms with van der Waals surface area (Å²) in [4.78, 5) is 9.91. The first-order valence-electron chi connectivity index (χ1n) is 8.63. The standard InChI is InChI=1S/C18H32N2/c1-13-7-5-9-17(11-13)19-15(3)16(4)20-18-10-6-8-14(2)12-18/h13-14,17-18H,5-12H2,1-4H3. The van der Waals surface area contributed by atoms with E-state index in [0.717, 1.165) is 11.8 Å². The molecule has 2 aliphatic rings. The predicted octanol–water partition coefficient (Wildman–Crippen LogP) is 5.07. The molecule has 0 radical (unpaired) electrons. The van der Waals surface area contributed by atoms with Crippen LogP contribution in [0.3, 0.4) is 0 Å². The van der Waals surface area contributed by atoms with Crippen molar-refractivity contribution < 1.29 is 0 Å². The van der Waals surface area contributed by atoms with Gasteiger partial charge < -0.3 is 0 Å². The number of hydrogen-bond acceptors (Lipinski definition) is 2. The van der Waals surface area contributed by atoms with Crippen molar-refractivity contribution in [1.29, 1.82) is 0 Å². The minimum atomic E-state index is 0.550. The van der Waals surface area contributed by atoms with Crippen LogP contribution in [0.5, 0.6) is 0 Å². The average Bonchev–Trinajstić information content (AvgIpc) is 2.38. The van der Waals surface area contributed by atoms with Gasteiger partial charge in [0.25, 0.3) is 0 Å². The quantitative estimate of drug-likeness (QED) is 0.643. The molecule has 2 heteroatoms. The van der Waals surface area contributed by atoms with Gasteiger partial charge >= 0.3 is 0 Å². The summed E-state index contributed by atoms with van der Waals surface area (Å²) < 4.78 is 0. The van der Waals surface area contributed by atoms with Gasteiger partial charge in [-0.3, -0.25) is 9.98 Å². The molecule has 0 aromatic rings. The fourth-order valence-electron chi connectivity index (χ4n) is 3.77. The van der Waals surface area contributed by atoms with E-state index in [1.165, 1.54) is 62.8 Å². The molecule has 4 unspecified atom stereocenters. The van der Waals surface area contributed by atoms with Gasteiger partial charge in [-0.2, -0.15) is 0 Å². The van der Waals surface area contributed by atoms with Crippen molar-refractivity contribution in [3.05, 3.63) is 0 Å². The number of rotatable bonds is 3. The summed E-state index contributed by atoms with van der Waals surface area (Å²) in [5.41, 5.74) is 2.37. The molecule has 2 fully saturated rings. The lowest BCUT2D eigenvalue weighted by molar-refractivity contribution is 0.344. The highest BCUT2D eigenvalue weighted by Crippen LogP contribution is 2.27. The van der Waals surface area contributed by atoms with Crippen LogP contribution in [0.25, 0.3) is 0 Å². The van der Waals surface area contributed by atoms with E-state index in [0.29, 0.717) is 12.1 Å². The van der Waals surface area contributed by atoms with Crippen LogP contribution in [-0.2, 0) is 0 Å². The van der Waals surface area contributed by atoms with Crippen molar-refractivity contribution in [2.45, 2.75) is 91.1 Å². The molecule has 0 bridgehead atoms. The van der Waals surface area contributed by atoms with Crippen LogP contribution in [-0.4, -0.2) is 23.5 Å². The summed E-state index contributed by atoms with van der Waals surface area (Å²) in [6, 6.07) is 1.10. The van der Waals surface area contributed by atoms with Crippen LogP contribution >= 0.6 is 0 Å². The fraction of sp³-hybridized carbons (Fsp3) is 0.889. The molecule has 0 N–H and O–H groups in total. The van der Waals surface area contributed by atoms with Crippen LogP contribution in [0.15, 0.2) is 9.98 Å². The minimum absolute atomic E-state index is 0.550. The molecule has 4 atom stereocenters. The largest absolute Gasteiger partial charge is 0.285 e. The molecule has 2 saturated carbocycles. The lowest BCUT2D eigenvalue weighted by atomic mass is 9.87. The Balaban J connectivity index is 1.94. The second-order valence-corrected chi connectivity index (χ2v) is 7.28. The molecule has 20 heavy (non-hydrogen) atoms. The monoisotopic (exact) mass is 276 g/mol. The number of aliphatic imine (C=N–C) groups is 2. The third-order valence-electron chi connectivity index (χ3n) is 5.09. The van der Waals surface area contributed by atoms with Gasteiger partial charge in [-0.15, -0.1) is 0 Å². The van der Waals surface area contributed by atoms with Gasteiger partial charge in [0.2, 0.25) is 0 Å². The molecule has 0 heterocycles. The van der Waals surface area contributed by atoms with Gasteiger partial charge in [-0.1, -0.05) is 39.5 Å². The molecule has 0 spiro atoms. The smallest absolute Gasteiger partial charge is 0.0528 e. The van der Waals surface area contributed by atoms with Gasteiger partial charge in [0.1, 0.15) is 0 Å². The Kier molecular flexibility index (Phi) is 5.80. The summed E-state index contributed by atoms with van der Waals surface area (Å²) in [6.45, 7) is 9.04. The summed E-state index contributed by atoms with van der Waals surface area (Å²) in [5, 5.41) is 0. The maximum atomic E-state index is 4.96. The molecular formula is C18H32N2. The van der Waals surface area contributed by atoms with Gasteiger partial charge in [-0.05, 0) is 51.4 Å². The zero-order valence-electron chi connectivity index (χ0n) is 13.9. The van der Waals surface area contributed by atoms with Crippen molar-refractivity contribution >= 4 is 11.4 Å². The van der Waals surface area contributed by atoms with Gasteiger partial charge in [0.15, 0.2) is 0 Å². The Labute approximate surface area is 125 Å². The topological polar surface area (TPSA) is 24.7 Å². The van der Waals surface area contributed by atoms with Crippen molar-refractivity contribution in [2.75, 3.05) is 0 Å². The zero-order valence-corrected chi connectivity index (χ0v) is 13.9. The van der Waals surface area contributed by atoms with Crippen LogP contribution in [0.2, 0.25) is 0 Å². The summed E-state index contributed by atoms with van der Waals surface area (Å²) in [5.74, 6) is 1.70. The van der Waals surface area contributed by atoms with E-state index in [4.69, 9.17) is 9.98 Å². The normalized spacial score (nSPS) is 37.0. The average molecular weight is 276 g/mol. The molecule has 0 amide bonds. The van der Waals surface area contributed by atoms with E-state index in [9.17, 15) is 0 Å². The van der Waals surface area contributed by atoms with E-state index in [1.807, 2.05) is 0 Å². The molecule has 0 aromatic heterocycles. The molecule has 0 aromatic carbocycles. The fourth-order valence-corrected chi connectivity index (χ4v) is 3.77. The van der Waals surface area contributed by atoms with Crippen LogP contribution in [0.1, 0.15) is 79.1 Å². The summed E-state index contributed by atoms with van der Waals surface area (Å²) in [6.07, 6.45) is 10.6. The molecule has 114 valence electrons. The predicted molar refractivity (Wildman–Crippen MR) is 89.1 cm³/mol. The van der Waals surface area contributed by atoms with Gasteiger partial charge in [-0.25, -0.2) is 0 Å². The molecule has 2 rings (SSSR count).